The lowest BCUT2D eigenvalue weighted by Crippen LogP contribution is -2.68. The van der Waals surface area contributed by atoms with Crippen LogP contribution in [0.5, 0.6) is 0 Å². The van der Waals surface area contributed by atoms with Crippen molar-refractivity contribution in [2.45, 2.75) is 51.2 Å². The molecule has 6 heteroatoms. The molecule has 3 aliphatic rings. The van der Waals surface area contributed by atoms with Gasteiger partial charge in [-0.25, -0.2) is 4.79 Å². The Labute approximate surface area is 164 Å². The van der Waals surface area contributed by atoms with E-state index in [0.29, 0.717) is 12.0 Å². The van der Waals surface area contributed by atoms with Crippen LogP contribution >= 0.6 is 0 Å². The summed E-state index contributed by atoms with van der Waals surface area (Å²) >= 11 is 0. The standard InChI is InChI=1S/C22H28O6/c1-20(12-23)9-6-10-21(2)17(20)16(11-15-19(25)27-13-22(15,21)26)28-18(24)14-7-4-3-5-8-14/h3-5,7-8,15-17,23,26H,6,9-13H2,1-2H3/t15-,16+,17+,20-,21-,22+/m0/s1. The van der Waals surface area contributed by atoms with E-state index in [-0.39, 0.29) is 25.6 Å². The molecule has 6 atom stereocenters. The molecule has 1 saturated heterocycles. The Kier molecular flexibility index (Phi) is 4.55. The molecule has 0 bridgehead atoms. The Morgan fingerprint density at radius 1 is 1.25 bits per heavy atom. The topological polar surface area (TPSA) is 93.1 Å². The van der Waals surface area contributed by atoms with Crippen molar-refractivity contribution < 1.29 is 29.3 Å². The fourth-order valence-electron chi connectivity index (χ4n) is 6.16. The van der Waals surface area contributed by atoms with Gasteiger partial charge in [0.2, 0.25) is 0 Å². The van der Waals surface area contributed by atoms with Gasteiger partial charge in [0.05, 0.1) is 11.5 Å². The summed E-state index contributed by atoms with van der Waals surface area (Å²) in [6, 6.07) is 8.75. The monoisotopic (exact) mass is 388 g/mol. The highest BCUT2D eigenvalue weighted by Crippen LogP contribution is 2.64. The molecule has 2 saturated carbocycles. The minimum Gasteiger partial charge on any atom is -0.462 e. The second-order valence-electron chi connectivity index (χ2n) is 9.19. The number of benzene rings is 1. The zero-order chi connectivity index (χ0) is 20.2. The first-order valence-corrected chi connectivity index (χ1v) is 10.0. The maximum absolute atomic E-state index is 12.8. The molecule has 0 radical (unpaired) electrons. The van der Waals surface area contributed by atoms with E-state index in [1.54, 1.807) is 24.3 Å². The third-order valence-corrected chi connectivity index (χ3v) is 7.63. The number of aliphatic hydroxyl groups excluding tert-OH is 1. The largest absolute Gasteiger partial charge is 0.462 e. The van der Waals surface area contributed by atoms with Gasteiger partial charge in [0.1, 0.15) is 18.3 Å². The first-order valence-electron chi connectivity index (χ1n) is 10.0. The second kappa shape index (κ2) is 6.56. The molecule has 0 spiro atoms. The van der Waals surface area contributed by atoms with Crippen LogP contribution < -0.4 is 0 Å². The lowest BCUT2D eigenvalue weighted by atomic mass is 9.44. The third kappa shape index (κ3) is 2.61. The van der Waals surface area contributed by atoms with Gasteiger partial charge in [-0.05, 0) is 30.4 Å². The first kappa shape index (κ1) is 19.4. The number of cyclic esters (lactones) is 1. The Morgan fingerprint density at radius 2 is 1.96 bits per heavy atom. The highest BCUT2D eigenvalue weighted by molar-refractivity contribution is 5.89. The van der Waals surface area contributed by atoms with Gasteiger partial charge < -0.3 is 19.7 Å². The summed E-state index contributed by atoms with van der Waals surface area (Å²) in [5.74, 6) is -1.87. The number of fused-ring (bicyclic) bond motifs is 3. The van der Waals surface area contributed by atoms with Crippen molar-refractivity contribution >= 4 is 11.9 Å². The Balaban J connectivity index is 1.74. The lowest BCUT2D eigenvalue weighted by molar-refractivity contribution is -0.238. The van der Waals surface area contributed by atoms with E-state index in [0.717, 1.165) is 12.8 Å². The molecule has 4 rings (SSSR count). The van der Waals surface area contributed by atoms with Gasteiger partial charge in [0.15, 0.2) is 0 Å². The predicted octanol–water partition coefficient (Wildman–Crippen LogP) is 2.32. The summed E-state index contributed by atoms with van der Waals surface area (Å²) in [6.45, 7) is 3.84. The van der Waals surface area contributed by atoms with E-state index in [1.165, 1.54) is 0 Å². The summed E-state index contributed by atoms with van der Waals surface area (Å²) in [5.41, 5.74) is -2.07. The first-order chi connectivity index (χ1) is 13.2. The zero-order valence-electron chi connectivity index (χ0n) is 16.4. The number of carbonyl (C=O) groups is 2. The Bertz CT molecular complexity index is 778. The van der Waals surface area contributed by atoms with Gasteiger partial charge in [-0.1, -0.05) is 38.5 Å². The van der Waals surface area contributed by atoms with Crippen molar-refractivity contribution in [3.05, 3.63) is 35.9 Å². The number of aliphatic hydroxyl groups is 2. The van der Waals surface area contributed by atoms with E-state index in [2.05, 4.69) is 0 Å². The maximum Gasteiger partial charge on any atom is 0.338 e. The predicted molar refractivity (Wildman–Crippen MR) is 100 cm³/mol. The van der Waals surface area contributed by atoms with Crippen molar-refractivity contribution in [1.82, 2.24) is 0 Å². The van der Waals surface area contributed by atoms with Crippen LogP contribution in [0.1, 0.15) is 49.9 Å². The molecular weight excluding hydrogens is 360 g/mol. The normalized spacial score (nSPS) is 42.3. The molecule has 28 heavy (non-hydrogen) atoms. The molecule has 3 fully saturated rings. The van der Waals surface area contributed by atoms with Gasteiger partial charge in [-0.15, -0.1) is 0 Å². The average molecular weight is 388 g/mol. The quantitative estimate of drug-likeness (QED) is 0.772. The average Bonchev–Trinajstić information content (AvgIpc) is 2.98. The van der Waals surface area contributed by atoms with E-state index in [9.17, 15) is 19.8 Å². The highest BCUT2D eigenvalue weighted by Gasteiger charge is 2.71. The van der Waals surface area contributed by atoms with Crippen LogP contribution in [0, 0.1) is 22.7 Å². The van der Waals surface area contributed by atoms with Gasteiger partial charge >= 0.3 is 11.9 Å². The lowest BCUT2D eigenvalue weighted by Gasteiger charge is -2.62. The summed E-state index contributed by atoms with van der Waals surface area (Å²) in [6.07, 6.45) is 1.93. The van der Waals surface area contributed by atoms with Gasteiger partial charge in [0.25, 0.3) is 0 Å². The number of ether oxygens (including phenoxy) is 2. The molecule has 0 unspecified atom stereocenters. The van der Waals surface area contributed by atoms with Crippen molar-refractivity contribution in [3.63, 3.8) is 0 Å². The number of hydrogen-bond donors (Lipinski definition) is 2. The molecule has 1 aliphatic heterocycles. The molecular formula is C22H28O6. The number of esters is 2. The van der Waals surface area contributed by atoms with Gasteiger partial charge in [0, 0.05) is 24.4 Å². The van der Waals surface area contributed by atoms with Crippen molar-refractivity contribution in [2.24, 2.45) is 22.7 Å². The fraction of sp³-hybridized carbons (Fsp3) is 0.636. The van der Waals surface area contributed by atoms with Gasteiger partial charge in [-0.2, -0.15) is 0 Å². The molecule has 0 amide bonds. The summed E-state index contributed by atoms with van der Waals surface area (Å²) in [7, 11) is 0. The Hall–Kier alpha value is -1.92. The molecule has 1 aromatic rings. The minimum absolute atomic E-state index is 0.0373. The van der Waals surface area contributed by atoms with Crippen LogP contribution in [0.3, 0.4) is 0 Å². The minimum atomic E-state index is -1.30. The molecule has 1 heterocycles. The van der Waals surface area contributed by atoms with Crippen LogP contribution in [0.15, 0.2) is 30.3 Å². The summed E-state index contributed by atoms with van der Waals surface area (Å²) in [4.78, 5) is 25.2. The zero-order valence-corrected chi connectivity index (χ0v) is 16.4. The van der Waals surface area contributed by atoms with Crippen molar-refractivity contribution in [1.29, 1.82) is 0 Å². The molecule has 2 aliphatic carbocycles. The van der Waals surface area contributed by atoms with Crippen LogP contribution in [0.4, 0.5) is 0 Å². The smallest absolute Gasteiger partial charge is 0.338 e. The van der Waals surface area contributed by atoms with E-state index < -0.39 is 40.4 Å². The number of carbonyl (C=O) groups excluding carboxylic acids is 2. The van der Waals surface area contributed by atoms with Crippen LogP contribution in [-0.2, 0) is 14.3 Å². The van der Waals surface area contributed by atoms with Crippen LogP contribution in [-0.4, -0.2) is 47.1 Å². The van der Waals surface area contributed by atoms with E-state index in [1.807, 2.05) is 19.9 Å². The summed E-state index contributed by atoms with van der Waals surface area (Å²) < 4.78 is 11.2. The van der Waals surface area contributed by atoms with Crippen molar-refractivity contribution in [2.75, 3.05) is 13.2 Å². The molecule has 152 valence electrons. The van der Waals surface area contributed by atoms with Crippen molar-refractivity contribution in [3.8, 4) is 0 Å². The van der Waals surface area contributed by atoms with Crippen LogP contribution in [0.25, 0.3) is 0 Å². The fourth-order valence-corrected chi connectivity index (χ4v) is 6.16. The molecule has 2 N–H and O–H groups in total. The van der Waals surface area contributed by atoms with E-state index in [4.69, 9.17) is 9.47 Å². The van der Waals surface area contributed by atoms with Crippen LogP contribution in [0.2, 0.25) is 0 Å². The number of hydrogen-bond acceptors (Lipinski definition) is 6. The molecule has 6 nitrogen and oxygen atoms in total. The maximum atomic E-state index is 12.8. The van der Waals surface area contributed by atoms with Gasteiger partial charge in [-0.3, -0.25) is 4.79 Å². The summed E-state index contributed by atoms with van der Waals surface area (Å²) in [5, 5.41) is 21.8. The third-order valence-electron chi connectivity index (χ3n) is 7.63. The number of rotatable bonds is 3. The Morgan fingerprint density at radius 3 is 2.64 bits per heavy atom. The second-order valence-corrected chi connectivity index (χ2v) is 9.19. The van der Waals surface area contributed by atoms with E-state index >= 15 is 0 Å². The molecule has 0 aromatic heterocycles. The SMILES string of the molecule is C[C@@]1(CO)CCC[C@@]2(C)[C@@H]1[C@H](OC(=O)c1ccccc1)C[C@H]1C(=O)OC[C@@]12O. The molecule has 1 aromatic carbocycles. The highest BCUT2D eigenvalue weighted by atomic mass is 16.6.